The summed E-state index contributed by atoms with van der Waals surface area (Å²) in [4.78, 5) is 59.1. The predicted octanol–water partition coefficient (Wildman–Crippen LogP) is 4.70. The number of rotatable bonds is 8. The number of aromatic nitrogens is 2. The summed E-state index contributed by atoms with van der Waals surface area (Å²) >= 11 is 0. The van der Waals surface area contributed by atoms with Crippen LogP contribution in [-0.4, -0.2) is 61.8 Å². The van der Waals surface area contributed by atoms with E-state index in [1.807, 2.05) is 0 Å². The van der Waals surface area contributed by atoms with Crippen LogP contribution in [0.4, 0.5) is 16.3 Å². The molecule has 0 aliphatic carbocycles. The van der Waals surface area contributed by atoms with E-state index in [-0.39, 0.29) is 40.4 Å². The SMILES string of the molecule is CC(C)(C)OC(=O)Nc1cc(-c2nc(C(=O)N/C(=C/Nc3ccc(C(=O)O)cc3)C(=N)N3CCC(C)(C)C3=O)co2)ccn1. The zero-order valence-electron chi connectivity index (χ0n) is 24.8. The number of amidine groups is 1. The molecule has 1 saturated heterocycles. The number of carboxylic acid groups (broad SMARTS) is 1. The van der Waals surface area contributed by atoms with E-state index in [1.54, 1.807) is 40.7 Å². The summed E-state index contributed by atoms with van der Waals surface area (Å²) in [5.74, 6) is -2.04. The number of carboxylic acids is 1. The largest absolute Gasteiger partial charge is 0.478 e. The Morgan fingerprint density at radius 1 is 1.16 bits per heavy atom. The van der Waals surface area contributed by atoms with Crippen molar-refractivity contribution >= 4 is 41.2 Å². The summed E-state index contributed by atoms with van der Waals surface area (Å²) in [6.07, 6.45) is 3.74. The third kappa shape index (κ3) is 7.65. The quantitative estimate of drug-likeness (QED) is 0.177. The molecule has 230 valence electrons. The lowest BCUT2D eigenvalue weighted by atomic mass is 9.92. The van der Waals surface area contributed by atoms with Gasteiger partial charge < -0.3 is 24.9 Å². The maximum absolute atomic E-state index is 13.3. The van der Waals surface area contributed by atoms with Gasteiger partial charge in [-0.2, -0.15) is 0 Å². The van der Waals surface area contributed by atoms with Gasteiger partial charge in [0, 0.05) is 35.6 Å². The van der Waals surface area contributed by atoms with Crippen molar-refractivity contribution < 1.29 is 33.4 Å². The molecule has 3 aromatic rings. The minimum absolute atomic E-state index is 0.0272. The molecule has 1 aromatic carbocycles. The number of aromatic carboxylic acids is 1. The summed E-state index contributed by atoms with van der Waals surface area (Å²) in [6.45, 7) is 9.07. The van der Waals surface area contributed by atoms with E-state index in [0.717, 1.165) is 6.26 Å². The first-order chi connectivity index (χ1) is 20.6. The van der Waals surface area contributed by atoms with Crippen LogP contribution in [-0.2, 0) is 9.53 Å². The van der Waals surface area contributed by atoms with Gasteiger partial charge in [0.2, 0.25) is 11.8 Å². The van der Waals surface area contributed by atoms with Crippen LogP contribution in [0.5, 0.6) is 0 Å². The number of nitrogens with one attached hydrogen (secondary N) is 4. The average Bonchev–Trinajstić information content (AvgIpc) is 3.54. The zero-order valence-corrected chi connectivity index (χ0v) is 24.8. The van der Waals surface area contributed by atoms with E-state index in [1.165, 1.54) is 47.6 Å². The van der Waals surface area contributed by atoms with Gasteiger partial charge in [0.05, 0.1) is 5.56 Å². The van der Waals surface area contributed by atoms with Gasteiger partial charge in [-0.25, -0.2) is 19.6 Å². The number of benzene rings is 1. The van der Waals surface area contributed by atoms with Gasteiger partial charge in [-0.15, -0.1) is 0 Å². The lowest BCUT2D eigenvalue weighted by Gasteiger charge is -2.22. The molecular formula is C30H33N7O7. The number of anilines is 2. The first kappa shape index (κ1) is 31.4. The number of ether oxygens (including phenoxy) is 1. The van der Waals surface area contributed by atoms with Crippen LogP contribution in [0.2, 0.25) is 0 Å². The van der Waals surface area contributed by atoms with Crippen molar-refractivity contribution in [1.29, 1.82) is 5.41 Å². The summed E-state index contributed by atoms with van der Waals surface area (Å²) in [7, 11) is 0. The number of carbonyl (C=O) groups is 4. The first-order valence-electron chi connectivity index (χ1n) is 13.6. The fourth-order valence-corrected chi connectivity index (χ4v) is 4.09. The normalized spacial score (nSPS) is 14.6. The van der Waals surface area contributed by atoms with Crippen molar-refractivity contribution in [1.82, 2.24) is 20.2 Å². The minimum atomic E-state index is -1.08. The molecule has 4 rings (SSSR count). The Hall–Kier alpha value is -5.53. The highest BCUT2D eigenvalue weighted by Crippen LogP contribution is 2.31. The van der Waals surface area contributed by atoms with Crippen molar-refractivity contribution in [2.24, 2.45) is 5.41 Å². The fraction of sp³-hybridized carbons (Fsp3) is 0.300. The Morgan fingerprint density at radius 3 is 2.48 bits per heavy atom. The van der Waals surface area contributed by atoms with E-state index < -0.39 is 29.0 Å². The molecule has 1 aliphatic heterocycles. The lowest BCUT2D eigenvalue weighted by Crippen LogP contribution is -2.41. The van der Waals surface area contributed by atoms with Crippen molar-refractivity contribution in [2.45, 2.75) is 46.6 Å². The molecule has 3 amide bonds. The number of hydrogen-bond acceptors (Lipinski definition) is 10. The summed E-state index contributed by atoms with van der Waals surface area (Å²) in [5, 5.41) is 26.0. The Balaban J connectivity index is 1.53. The highest BCUT2D eigenvalue weighted by molar-refractivity contribution is 6.10. The summed E-state index contributed by atoms with van der Waals surface area (Å²) in [5.41, 5.74) is -0.504. The van der Waals surface area contributed by atoms with E-state index >= 15 is 0 Å². The molecule has 0 radical (unpaired) electrons. The summed E-state index contributed by atoms with van der Waals surface area (Å²) < 4.78 is 10.8. The smallest absolute Gasteiger partial charge is 0.413 e. The van der Waals surface area contributed by atoms with Gasteiger partial charge in [0.25, 0.3) is 5.91 Å². The maximum Gasteiger partial charge on any atom is 0.413 e. The average molecular weight is 604 g/mol. The lowest BCUT2D eigenvalue weighted by molar-refractivity contribution is -0.131. The van der Waals surface area contributed by atoms with Crippen LogP contribution in [0.25, 0.3) is 11.5 Å². The van der Waals surface area contributed by atoms with Gasteiger partial charge in [-0.3, -0.25) is 25.2 Å². The van der Waals surface area contributed by atoms with Gasteiger partial charge >= 0.3 is 12.1 Å². The van der Waals surface area contributed by atoms with E-state index in [0.29, 0.717) is 24.2 Å². The number of carbonyl (C=O) groups excluding carboxylic acids is 3. The van der Waals surface area contributed by atoms with Crippen molar-refractivity contribution in [3.8, 4) is 11.5 Å². The van der Waals surface area contributed by atoms with E-state index in [2.05, 4.69) is 25.9 Å². The second-order valence-electron chi connectivity index (χ2n) is 11.6. The van der Waals surface area contributed by atoms with Crippen molar-refractivity contribution in [3.63, 3.8) is 0 Å². The van der Waals surface area contributed by atoms with Gasteiger partial charge in [0.1, 0.15) is 23.4 Å². The number of nitrogens with zero attached hydrogens (tertiary/aromatic N) is 3. The van der Waals surface area contributed by atoms with Crippen LogP contribution < -0.4 is 16.0 Å². The van der Waals surface area contributed by atoms with E-state index in [9.17, 15) is 19.2 Å². The van der Waals surface area contributed by atoms with Crippen molar-refractivity contribution in [2.75, 3.05) is 17.2 Å². The molecule has 14 nitrogen and oxygen atoms in total. The first-order valence-corrected chi connectivity index (χ1v) is 13.6. The maximum atomic E-state index is 13.3. The highest BCUT2D eigenvalue weighted by atomic mass is 16.6. The second-order valence-corrected chi connectivity index (χ2v) is 11.6. The van der Waals surface area contributed by atoms with E-state index in [4.69, 9.17) is 19.7 Å². The molecular weight excluding hydrogens is 570 g/mol. The molecule has 0 bridgehead atoms. The van der Waals surface area contributed by atoms with Gasteiger partial charge in [-0.05, 0) is 63.6 Å². The minimum Gasteiger partial charge on any atom is -0.478 e. The molecule has 2 aromatic heterocycles. The monoisotopic (exact) mass is 603 g/mol. The zero-order chi connectivity index (χ0) is 32.2. The van der Waals surface area contributed by atoms with Gasteiger partial charge in [-0.1, -0.05) is 13.8 Å². The predicted molar refractivity (Wildman–Crippen MR) is 160 cm³/mol. The number of hydrogen-bond donors (Lipinski definition) is 5. The van der Waals surface area contributed by atoms with Crippen LogP contribution in [0, 0.1) is 10.8 Å². The summed E-state index contributed by atoms with van der Waals surface area (Å²) in [6, 6.07) is 8.93. The Bertz CT molecular complexity index is 1640. The van der Waals surface area contributed by atoms with Crippen LogP contribution in [0.3, 0.4) is 0 Å². The number of likely N-dealkylation sites (tertiary alicyclic amines) is 1. The second kappa shape index (κ2) is 12.4. The molecule has 1 aliphatic rings. The molecule has 14 heteroatoms. The third-order valence-corrected chi connectivity index (χ3v) is 6.45. The topological polar surface area (TPSA) is 200 Å². The Morgan fingerprint density at radius 2 is 1.86 bits per heavy atom. The molecule has 0 atom stereocenters. The third-order valence-electron chi connectivity index (χ3n) is 6.45. The molecule has 0 saturated carbocycles. The number of oxazole rings is 1. The standard InChI is InChI=1S/C30H33N7O7/c1-29(2,3)44-28(42)36-22-14-18(10-12-32-22)25-35-21(16-43-25)24(38)34-20(23(31)37-13-11-30(4,5)27(37)41)15-33-19-8-6-17(7-9-19)26(39)40/h6-10,12,14-16,31,33H,11,13H2,1-5H3,(H,34,38)(H,39,40)(H,32,36,42)/b20-15+,31-23?. The Kier molecular flexibility index (Phi) is 8.83. The van der Waals surface area contributed by atoms with Crippen LogP contribution in [0.1, 0.15) is 61.9 Å². The van der Waals surface area contributed by atoms with Gasteiger partial charge in [0.15, 0.2) is 11.5 Å². The number of amides is 3. The molecule has 5 N–H and O–H groups in total. The van der Waals surface area contributed by atoms with Crippen LogP contribution >= 0.6 is 0 Å². The molecule has 0 spiro atoms. The number of pyridine rings is 1. The highest BCUT2D eigenvalue weighted by Gasteiger charge is 2.41. The Labute approximate surface area is 253 Å². The molecule has 0 unspecified atom stereocenters. The fourth-order valence-electron chi connectivity index (χ4n) is 4.09. The van der Waals surface area contributed by atoms with Crippen molar-refractivity contribution in [3.05, 3.63) is 72.0 Å². The molecule has 44 heavy (non-hydrogen) atoms. The molecule has 3 heterocycles. The van der Waals surface area contributed by atoms with Crippen LogP contribution in [0.15, 0.2) is 65.2 Å². The molecule has 1 fully saturated rings.